The number of nitro groups is 1. The highest BCUT2D eigenvalue weighted by molar-refractivity contribution is 5.95. The van der Waals surface area contributed by atoms with Crippen molar-refractivity contribution in [2.24, 2.45) is 0 Å². The van der Waals surface area contributed by atoms with Gasteiger partial charge in [0.05, 0.1) is 22.2 Å². The van der Waals surface area contributed by atoms with Gasteiger partial charge in [-0.15, -0.1) is 0 Å². The molecule has 1 aromatic heterocycles. The van der Waals surface area contributed by atoms with Crippen molar-refractivity contribution in [3.05, 3.63) is 51.3 Å². The Hall–Kier alpha value is -2.90. The Morgan fingerprint density at radius 1 is 1.35 bits per heavy atom. The third-order valence-corrected chi connectivity index (χ3v) is 4.15. The highest BCUT2D eigenvalue weighted by atomic mass is 16.6. The minimum absolute atomic E-state index is 0.140. The third-order valence-electron chi connectivity index (χ3n) is 4.15. The van der Waals surface area contributed by atoms with E-state index in [-0.39, 0.29) is 28.7 Å². The van der Waals surface area contributed by atoms with Crippen LogP contribution in [0.3, 0.4) is 0 Å². The van der Waals surface area contributed by atoms with Crippen molar-refractivity contribution in [1.29, 1.82) is 0 Å². The van der Waals surface area contributed by atoms with E-state index in [1.165, 1.54) is 13.1 Å². The number of carbonyl (C=O) groups is 1. The van der Waals surface area contributed by atoms with Crippen molar-refractivity contribution in [3.63, 3.8) is 0 Å². The van der Waals surface area contributed by atoms with Gasteiger partial charge in [-0.3, -0.25) is 19.6 Å². The standard InChI is InChI=1S/C18H25N5O3/c1-11(14-10-22(18(3,4)5)21-12(14)2)20-15-8-7-13(17(24)19-6)9-16(15)23(25)26/h7-11,20H,1-6H3,(H,19,24). The summed E-state index contributed by atoms with van der Waals surface area (Å²) in [6.07, 6.45) is 1.96. The molecule has 1 unspecified atom stereocenters. The summed E-state index contributed by atoms with van der Waals surface area (Å²) in [5, 5.41) is 21.6. The first kappa shape index (κ1) is 19.4. The molecule has 1 aromatic carbocycles. The molecule has 0 aliphatic rings. The van der Waals surface area contributed by atoms with Gasteiger partial charge in [0.25, 0.3) is 11.6 Å². The Kier molecular flexibility index (Phi) is 5.34. The van der Waals surface area contributed by atoms with Crippen LogP contribution in [0.2, 0.25) is 0 Å². The summed E-state index contributed by atoms with van der Waals surface area (Å²) < 4.78 is 1.89. The lowest BCUT2D eigenvalue weighted by Gasteiger charge is -2.19. The number of nitro benzene ring substituents is 1. The van der Waals surface area contributed by atoms with Crippen LogP contribution in [0.15, 0.2) is 24.4 Å². The number of carbonyl (C=O) groups excluding carboxylic acids is 1. The molecule has 0 fully saturated rings. The molecule has 8 nitrogen and oxygen atoms in total. The SMILES string of the molecule is CNC(=O)c1ccc(NC(C)c2cn(C(C)(C)C)nc2C)c([N+](=O)[O-])c1. The van der Waals surface area contributed by atoms with Crippen LogP contribution in [0.1, 0.15) is 55.4 Å². The minimum Gasteiger partial charge on any atom is -0.373 e. The van der Waals surface area contributed by atoms with Crippen LogP contribution in [-0.2, 0) is 5.54 Å². The van der Waals surface area contributed by atoms with Crippen molar-refractivity contribution in [1.82, 2.24) is 15.1 Å². The van der Waals surface area contributed by atoms with Gasteiger partial charge in [-0.25, -0.2) is 0 Å². The first-order chi connectivity index (χ1) is 12.0. The minimum atomic E-state index is -0.493. The molecular formula is C18H25N5O3. The van der Waals surface area contributed by atoms with E-state index in [9.17, 15) is 14.9 Å². The topological polar surface area (TPSA) is 102 Å². The van der Waals surface area contributed by atoms with Crippen molar-refractivity contribution >= 4 is 17.3 Å². The molecule has 2 N–H and O–H groups in total. The summed E-state index contributed by atoms with van der Waals surface area (Å²) in [6, 6.07) is 4.21. The Morgan fingerprint density at radius 2 is 2.00 bits per heavy atom. The fourth-order valence-corrected chi connectivity index (χ4v) is 2.64. The van der Waals surface area contributed by atoms with Crippen molar-refractivity contribution in [2.75, 3.05) is 12.4 Å². The van der Waals surface area contributed by atoms with Crippen LogP contribution in [0.5, 0.6) is 0 Å². The van der Waals surface area contributed by atoms with Gasteiger partial charge in [0.1, 0.15) is 5.69 Å². The number of hydrogen-bond donors (Lipinski definition) is 2. The molecule has 0 aliphatic carbocycles. The van der Waals surface area contributed by atoms with Gasteiger partial charge in [0.2, 0.25) is 0 Å². The quantitative estimate of drug-likeness (QED) is 0.629. The maximum absolute atomic E-state index is 11.7. The first-order valence-electron chi connectivity index (χ1n) is 8.38. The van der Waals surface area contributed by atoms with Gasteiger partial charge in [0.15, 0.2) is 0 Å². The fraction of sp³-hybridized carbons (Fsp3) is 0.444. The second kappa shape index (κ2) is 7.15. The zero-order chi connectivity index (χ0) is 19.6. The Bertz CT molecular complexity index is 836. The van der Waals surface area contributed by atoms with E-state index in [4.69, 9.17) is 0 Å². The molecule has 0 saturated carbocycles. The summed E-state index contributed by atoms with van der Waals surface area (Å²) >= 11 is 0. The van der Waals surface area contributed by atoms with Gasteiger partial charge in [0, 0.05) is 30.4 Å². The van der Waals surface area contributed by atoms with Crippen LogP contribution in [0.25, 0.3) is 0 Å². The molecule has 0 radical (unpaired) electrons. The van der Waals surface area contributed by atoms with Gasteiger partial charge in [-0.05, 0) is 46.8 Å². The number of benzene rings is 1. The summed E-state index contributed by atoms with van der Waals surface area (Å²) in [7, 11) is 1.48. The zero-order valence-corrected chi connectivity index (χ0v) is 16.0. The van der Waals surface area contributed by atoms with Crippen LogP contribution in [-0.4, -0.2) is 27.7 Å². The lowest BCUT2D eigenvalue weighted by molar-refractivity contribution is -0.384. The predicted molar refractivity (Wildman–Crippen MR) is 100 cm³/mol. The summed E-state index contributed by atoms with van der Waals surface area (Å²) in [6.45, 7) is 10.0. The second-order valence-corrected chi connectivity index (χ2v) is 7.22. The number of rotatable bonds is 5. The molecule has 0 spiro atoms. The molecular weight excluding hydrogens is 334 g/mol. The second-order valence-electron chi connectivity index (χ2n) is 7.22. The van der Waals surface area contributed by atoms with E-state index in [2.05, 4.69) is 36.5 Å². The largest absolute Gasteiger partial charge is 0.373 e. The molecule has 0 aliphatic heterocycles. The number of aryl methyl sites for hydroxylation is 1. The van der Waals surface area contributed by atoms with E-state index in [1.54, 1.807) is 12.1 Å². The van der Waals surface area contributed by atoms with Crippen LogP contribution in [0, 0.1) is 17.0 Å². The van der Waals surface area contributed by atoms with Gasteiger partial charge in [-0.1, -0.05) is 0 Å². The molecule has 140 valence electrons. The average molecular weight is 359 g/mol. The number of nitrogens with zero attached hydrogens (tertiary/aromatic N) is 3. The number of nitrogens with one attached hydrogen (secondary N) is 2. The number of hydrogen-bond acceptors (Lipinski definition) is 5. The average Bonchev–Trinajstić information content (AvgIpc) is 2.96. The van der Waals surface area contributed by atoms with Gasteiger partial charge in [-0.2, -0.15) is 5.10 Å². The summed E-state index contributed by atoms with van der Waals surface area (Å²) in [5.41, 5.74) is 2.14. The van der Waals surface area contributed by atoms with E-state index >= 15 is 0 Å². The molecule has 1 amide bonds. The van der Waals surface area contributed by atoms with Crippen molar-refractivity contribution in [3.8, 4) is 0 Å². The van der Waals surface area contributed by atoms with E-state index in [0.29, 0.717) is 5.69 Å². The number of anilines is 1. The molecule has 0 saturated heterocycles. The fourth-order valence-electron chi connectivity index (χ4n) is 2.64. The highest BCUT2D eigenvalue weighted by Crippen LogP contribution is 2.30. The molecule has 1 heterocycles. The van der Waals surface area contributed by atoms with E-state index < -0.39 is 4.92 Å². The summed E-state index contributed by atoms with van der Waals surface area (Å²) in [4.78, 5) is 22.6. The normalized spacial score (nSPS) is 12.5. The predicted octanol–water partition coefficient (Wildman–Crippen LogP) is 3.39. The monoisotopic (exact) mass is 359 g/mol. The molecule has 1 atom stereocenters. The maximum atomic E-state index is 11.7. The third kappa shape index (κ3) is 4.01. The van der Waals surface area contributed by atoms with Crippen molar-refractivity contribution < 1.29 is 9.72 Å². The van der Waals surface area contributed by atoms with Gasteiger partial charge < -0.3 is 10.6 Å². The molecule has 26 heavy (non-hydrogen) atoms. The van der Waals surface area contributed by atoms with E-state index in [0.717, 1.165) is 11.3 Å². The molecule has 0 bridgehead atoms. The smallest absolute Gasteiger partial charge is 0.293 e. The number of amides is 1. The van der Waals surface area contributed by atoms with Crippen LogP contribution in [0.4, 0.5) is 11.4 Å². The molecule has 2 aromatic rings. The Morgan fingerprint density at radius 3 is 2.50 bits per heavy atom. The number of aromatic nitrogens is 2. The first-order valence-corrected chi connectivity index (χ1v) is 8.38. The lowest BCUT2D eigenvalue weighted by Crippen LogP contribution is -2.22. The maximum Gasteiger partial charge on any atom is 0.293 e. The van der Waals surface area contributed by atoms with E-state index in [1.807, 2.05) is 24.7 Å². The van der Waals surface area contributed by atoms with Crippen LogP contribution >= 0.6 is 0 Å². The Labute approximate surface area is 152 Å². The summed E-state index contributed by atoms with van der Waals surface area (Å²) in [5.74, 6) is -0.366. The molecule has 2 rings (SSSR count). The van der Waals surface area contributed by atoms with Gasteiger partial charge >= 0.3 is 0 Å². The highest BCUT2D eigenvalue weighted by Gasteiger charge is 2.22. The van der Waals surface area contributed by atoms with Crippen LogP contribution < -0.4 is 10.6 Å². The van der Waals surface area contributed by atoms with Crippen molar-refractivity contribution in [2.45, 2.75) is 46.2 Å². The molecule has 8 heteroatoms. The lowest BCUT2D eigenvalue weighted by atomic mass is 10.1. The Balaban J connectivity index is 2.34. The zero-order valence-electron chi connectivity index (χ0n) is 16.0.